The minimum Gasteiger partial charge on any atom is -0.460 e. The van der Waals surface area contributed by atoms with Crippen molar-refractivity contribution in [2.75, 3.05) is 0 Å². The average Bonchev–Trinajstić information content (AvgIpc) is 2.79. The largest absolute Gasteiger partial charge is 0.460 e. The third kappa shape index (κ3) is 3.04. The maximum absolute atomic E-state index is 12.2. The van der Waals surface area contributed by atoms with Crippen LogP contribution in [0.1, 0.15) is 38.0 Å². The van der Waals surface area contributed by atoms with Crippen molar-refractivity contribution in [3.05, 3.63) is 33.7 Å². The number of carbonyl (C=O) groups excluding carboxylic acids is 2. The third-order valence-corrected chi connectivity index (χ3v) is 3.90. The van der Waals surface area contributed by atoms with E-state index in [4.69, 9.17) is 4.74 Å². The van der Waals surface area contributed by atoms with Crippen molar-refractivity contribution in [3.63, 3.8) is 0 Å². The predicted molar refractivity (Wildman–Crippen MR) is 73.7 cm³/mol. The zero-order valence-corrected chi connectivity index (χ0v) is 12.0. The highest BCUT2D eigenvalue weighted by Crippen LogP contribution is 2.35. The van der Waals surface area contributed by atoms with Gasteiger partial charge in [-0.05, 0) is 32.2 Å². The summed E-state index contributed by atoms with van der Waals surface area (Å²) in [5, 5.41) is 4.67. The van der Waals surface area contributed by atoms with Gasteiger partial charge in [-0.1, -0.05) is 6.07 Å². The summed E-state index contributed by atoms with van der Waals surface area (Å²) in [4.78, 5) is 24.9. The second-order valence-electron chi connectivity index (χ2n) is 4.81. The molecule has 0 aliphatic carbocycles. The number of hydrogen-bond donors (Lipinski definition) is 1. The molecule has 1 N–H and O–H groups in total. The molecule has 1 aliphatic rings. The van der Waals surface area contributed by atoms with E-state index < -0.39 is 0 Å². The quantitative estimate of drug-likeness (QED) is 0.865. The molecule has 0 saturated heterocycles. The first-order chi connectivity index (χ1) is 8.99. The lowest BCUT2D eigenvalue weighted by atomic mass is 9.89. The zero-order valence-electron chi connectivity index (χ0n) is 11.2. The number of nitrogens with one attached hydrogen (secondary N) is 1. The highest BCUT2D eigenvalue weighted by Gasteiger charge is 2.33. The molecule has 5 heteroatoms. The number of ether oxygens (including phenoxy) is 1. The second-order valence-corrected chi connectivity index (χ2v) is 5.79. The van der Waals surface area contributed by atoms with Gasteiger partial charge in [0.2, 0.25) is 5.91 Å². The molecular formula is C14H17NO3S. The fraction of sp³-hybridized carbons (Fsp3) is 0.429. The van der Waals surface area contributed by atoms with E-state index in [2.05, 4.69) is 5.32 Å². The molecule has 1 unspecified atom stereocenters. The van der Waals surface area contributed by atoms with E-state index in [0.29, 0.717) is 17.7 Å². The number of hydrogen-bond acceptors (Lipinski definition) is 4. The van der Waals surface area contributed by atoms with Crippen molar-refractivity contribution in [2.24, 2.45) is 0 Å². The molecule has 0 bridgehead atoms. The summed E-state index contributed by atoms with van der Waals surface area (Å²) >= 11 is 1.55. The Morgan fingerprint density at radius 1 is 1.53 bits per heavy atom. The maximum atomic E-state index is 12.2. The molecule has 4 nitrogen and oxygen atoms in total. The Labute approximate surface area is 116 Å². The van der Waals surface area contributed by atoms with Gasteiger partial charge >= 0.3 is 5.97 Å². The van der Waals surface area contributed by atoms with Crippen molar-refractivity contribution in [2.45, 2.75) is 39.2 Å². The number of allylic oxidation sites excluding steroid dienone is 1. The highest BCUT2D eigenvalue weighted by molar-refractivity contribution is 7.10. The summed E-state index contributed by atoms with van der Waals surface area (Å²) in [5.74, 6) is -0.595. The predicted octanol–water partition coefficient (Wildman–Crippen LogP) is 2.58. The first-order valence-electron chi connectivity index (χ1n) is 6.24. The first kappa shape index (κ1) is 13.8. The SMILES string of the molecule is CC1=C(C(=O)OC(C)C)C(c2cccs2)CC(=O)N1. The van der Waals surface area contributed by atoms with Gasteiger partial charge in [-0.15, -0.1) is 11.3 Å². The number of amides is 1. The van der Waals surface area contributed by atoms with E-state index in [1.165, 1.54) is 0 Å². The van der Waals surface area contributed by atoms with Crippen LogP contribution in [-0.2, 0) is 14.3 Å². The average molecular weight is 279 g/mol. The lowest BCUT2D eigenvalue weighted by molar-refractivity contribution is -0.143. The monoisotopic (exact) mass is 279 g/mol. The summed E-state index contributed by atoms with van der Waals surface area (Å²) in [6.07, 6.45) is 0.120. The smallest absolute Gasteiger partial charge is 0.336 e. The van der Waals surface area contributed by atoms with E-state index in [1.54, 1.807) is 18.3 Å². The summed E-state index contributed by atoms with van der Waals surface area (Å²) in [6.45, 7) is 5.37. The van der Waals surface area contributed by atoms with Crippen LogP contribution in [0.15, 0.2) is 28.8 Å². The Kier molecular flexibility index (Phi) is 4.04. The van der Waals surface area contributed by atoms with E-state index in [9.17, 15) is 9.59 Å². The van der Waals surface area contributed by atoms with Crippen molar-refractivity contribution < 1.29 is 14.3 Å². The molecule has 0 saturated carbocycles. The van der Waals surface area contributed by atoms with Crippen molar-refractivity contribution in [1.29, 1.82) is 0 Å². The standard InChI is InChI=1S/C14H17NO3S/c1-8(2)18-14(17)13-9(3)15-12(16)7-10(13)11-5-4-6-19-11/h4-6,8,10H,7H2,1-3H3,(H,15,16). The second kappa shape index (κ2) is 5.57. The highest BCUT2D eigenvalue weighted by atomic mass is 32.1. The van der Waals surface area contributed by atoms with Crippen LogP contribution in [0.4, 0.5) is 0 Å². The van der Waals surface area contributed by atoms with Crippen LogP contribution in [-0.4, -0.2) is 18.0 Å². The minimum atomic E-state index is -0.342. The molecule has 1 aromatic rings. The van der Waals surface area contributed by atoms with E-state index in [0.717, 1.165) is 4.88 Å². The van der Waals surface area contributed by atoms with Gasteiger partial charge in [-0.25, -0.2) is 4.79 Å². The summed E-state index contributed by atoms with van der Waals surface area (Å²) < 4.78 is 5.28. The van der Waals surface area contributed by atoms with Gasteiger partial charge in [0.25, 0.3) is 0 Å². The molecule has 0 aromatic carbocycles. The van der Waals surface area contributed by atoms with E-state index in [-0.39, 0.29) is 23.9 Å². The number of esters is 1. The van der Waals surface area contributed by atoms with Crippen LogP contribution in [0.25, 0.3) is 0 Å². The first-order valence-corrected chi connectivity index (χ1v) is 7.12. The van der Waals surface area contributed by atoms with Crippen molar-refractivity contribution in [3.8, 4) is 0 Å². The molecular weight excluding hydrogens is 262 g/mol. The molecule has 0 fully saturated rings. The van der Waals surface area contributed by atoms with Gasteiger partial charge in [0.15, 0.2) is 0 Å². The molecule has 0 spiro atoms. The number of thiophene rings is 1. The number of carbonyl (C=O) groups is 2. The minimum absolute atomic E-state index is 0.0583. The Balaban J connectivity index is 2.36. The third-order valence-electron chi connectivity index (χ3n) is 2.92. The van der Waals surface area contributed by atoms with Gasteiger partial charge in [-0.3, -0.25) is 4.79 Å². The van der Waals surface area contributed by atoms with Crippen molar-refractivity contribution in [1.82, 2.24) is 5.32 Å². The van der Waals surface area contributed by atoms with Crippen LogP contribution in [0.5, 0.6) is 0 Å². The summed E-state index contributed by atoms with van der Waals surface area (Å²) in [5.41, 5.74) is 1.16. The summed E-state index contributed by atoms with van der Waals surface area (Å²) in [7, 11) is 0. The molecule has 2 heterocycles. The normalized spacial score (nSPS) is 19.6. The van der Waals surface area contributed by atoms with Gasteiger partial charge in [-0.2, -0.15) is 0 Å². The number of rotatable bonds is 3. The fourth-order valence-electron chi connectivity index (χ4n) is 2.18. The molecule has 0 radical (unpaired) electrons. The van der Waals surface area contributed by atoms with Crippen molar-refractivity contribution >= 4 is 23.2 Å². The lowest BCUT2D eigenvalue weighted by Crippen LogP contribution is -2.34. The fourth-order valence-corrected chi connectivity index (χ4v) is 3.02. The van der Waals surface area contributed by atoms with Crippen LogP contribution in [0.2, 0.25) is 0 Å². The Bertz CT molecular complexity index is 517. The molecule has 102 valence electrons. The molecule has 19 heavy (non-hydrogen) atoms. The molecule has 1 aliphatic heterocycles. The zero-order chi connectivity index (χ0) is 14.0. The Morgan fingerprint density at radius 2 is 2.26 bits per heavy atom. The van der Waals surface area contributed by atoms with Gasteiger partial charge in [0.05, 0.1) is 11.7 Å². The van der Waals surface area contributed by atoms with Gasteiger partial charge < -0.3 is 10.1 Å². The lowest BCUT2D eigenvalue weighted by Gasteiger charge is -2.26. The molecule has 1 atom stereocenters. The van der Waals surface area contributed by atoms with Gasteiger partial charge in [0, 0.05) is 22.9 Å². The van der Waals surface area contributed by atoms with Gasteiger partial charge in [0.1, 0.15) is 0 Å². The van der Waals surface area contributed by atoms with Crippen LogP contribution < -0.4 is 5.32 Å². The van der Waals surface area contributed by atoms with E-state index in [1.807, 2.05) is 31.4 Å². The molecule has 1 aromatic heterocycles. The van der Waals surface area contributed by atoms with E-state index >= 15 is 0 Å². The van der Waals surface area contributed by atoms with Crippen LogP contribution in [0, 0.1) is 0 Å². The van der Waals surface area contributed by atoms with Crippen LogP contribution in [0.3, 0.4) is 0 Å². The summed E-state index contributed by atoms with van der Waals surface area (Å²) in [6, 6.07) is 3.87. The topological polar surface area (TPSA) is 55.4 Å². The molecule has 1 amide bonds. The maximum Gasteiger partial charge on any atom is 0.336 e. The van der Waals surface area contributed by atoms with Crippen LogP contribution >= 0.6 is 11.3 Å². The Hall–Kier alpha value is -1.62. The Morgan fingerprint density at radius 3 is 2.84 bits per heavy atom. The molecule has 2 rings (SSSR count).